The highest BCUT2D eigenvalue weighted by atomic mass is 35.5. The van der Waals surface area contributed by atoms with Crippen molar-refractivity contribution in [3.8, 4) is 0 Å². The highest BCUT2D eigenvalue weighted by Gasteiger charge is 2.54. The largest absolute Gasteiger partial charge is 0.347 e. The molecule has 4 aliphatic carbocycles. The van der Waals surface area contributed by atoms with E-state index in [0.29, 0.717) is 16.1 Å². The van der Waals surface area contributed by atoms with Gasteiger partial charge < -0.3 is 5.32 Å². The van der Waals surface area contributed by atoms with Crippen molar-refractivity contribution in [2.45, 2.75) is 57.9 Å². The Morgan fingerprint density at radius 3 is 2.41 bits per heavy atom. The minimum Gasteiger partial charge on any atom is -0.347 e. The minimum absolute atomic E-state index is 0.106. The summed E-state index contributed by atoms with van der Waals surface area (Å²) < 4.78 is 0. The van der Waals surface area contributed by atoms with E-state index in [0.717, 1.165) is 24.2 Å². The molecule has 0 saturated heterocycles. The van der Waals surface area contributed by atoms with E-state index in [9.17, 15) is 4.79 Å². The summed E-state index contributed by atoms with van der Waals surface area (Å²) in [7, 11) is 0. The molecule has 0 aliphatic heterocycles. The van der Waals surface area contributed by atoms with Crippen LogP contribution in [0.15, 0.2) is 6.20 Å². The lowest BCUT2D eigenvalue weighted by Gasteiger charge is -2.59. The second kappa shape index (κ2) is 5.26. The van der Waals surface area contributed by atoms with E-state index in [1.54, 1.807) is 0 Å². The van der Waals surface area contributed by atoms with Crippen molar-refractivity contribution >= 4 is 17.5 Å². The molecule has 1 aromatic heterocycles. The van der Waals surface area contributed by atoms with Gasteiger partial charge in [0, 0.05) is 6.04 Å². The van der Waals surface area contributed by atoms with Gasteiger partial charge in [-0.25, -0.2) is 0 Å². The molecule has 4 aliphatic rings. The van der Waals surface area contributed by atoms with E-state index in [-0.39, 0.29) is 11.9 Å². The Hall–Kier alpha value is -1.03. The lowest BCUT2D eigenvalue weighted by molar-refractivity contribution is -0.0727. The summed E-state index contributed by atoms with van der Waals surface area (Å²) in [4.78, 5) is 12.5. The van der Waals surface area contributed by atoms with Crippen LogP contribution < -0.4 is 5.32 Å². The van der Waals surface area contributed by atoms with Gasteiger partial charge in [0.1, 0.15) is 5.69 Å². The van der Waals surface area contributed by atoms with Crippen molar-refractivity contribution in [3.05, 3.63) is 16.9 Å². The number of carbonyl (C=O) groups is 1. The fraction of sp³-hybridized carbons (Fsp3) is 0.765. The van der Waals surface area contributed by atoms with Crippen molar-refractivity contribution in [2.75, 3.05) is 0 Å². The number of nitrogens with one attached hydrogen (secondary N) is 2. The number of rotatable bonds is 4. The van der Waals surface area contributed by atoms with Crippen molar-refractivity contribution < 1.29 is 4.79 Å². The zero-order valence-corrected chi connectivity index (χ0v) is 13.8. The second-order valence-electron chi connectivity index (χ2n) is 7.81. The number of amides is 1. The number of H-pyrrole nitrogens is 1. The molecule has 1 unspecified atom stereocenters. The van der Waals surface area contributed by atoms with E-state index in [1.165, 1.54) is 44.7 Å². The highest BCUT2D eigenvalue weighted by molar-refractivity contribution is 6.33. The van der Waals surface area contributed by atoms with Crippen LogP contribution in [0.1, 0.15) is 62.4 Å². The van der Waals surface area contributed by atoms with E-state index in [2.05, 4.69) is 22.4 Å². The first kappa shape index (κ1) is 14.6. The Bertz CT molecular complexity index is 547. The third-order valence-electron chi connectivity index (χ3n) is 6.36. The fourth-order valence-electron chi connectivity index (χ4n) is 5.95. The zero-order valence-electron chi connectivity index (χ0n) is 13.1. The third kappa shape index (κ3) is 2.27. The summed E-state index contributed by atoms with van der Waals surface area (Å²) >= 11 is 6.03. The first-order valence-corrected chi connectivity index (χ1v) is 8.97. The van der Waals surface area contributed by atoms with Crippen LogP contribution in [0.25, 0.3) is 0 Å². The molecule has 4 bridgehead atoms. The summed E-state index contributed by atoms with van der Waals surface area (Å²) in [6.45, 7) is 2.19. The number of hydrogen-bond acceptors (Lipinski definition) is 2. The Morgan fingerprint density at radius 2 is 1.95 bits per heavy atom. The Morgan fingerprint density at radius 1 is 1.36 bits per heavy atom. The number of nitrogens with zero attached hydrogens (tertiary/aromatic N) is 1. The third-order valence-corrected chi connectivity index (χ3v) is 6.65. The molecule has 1 aromatic rings. The fourth-order valence-corrected chi connectivity index (χ4v) is 6.13. The normalized spacial score (nSPS) is 37.3. The van der Waals surface area contributed by atoms with Crippen LogP contribution >= 0.6 is 11.6 Å². The van der Waals surface area contributed by atoms with Crippen molar-refractivity contribution in [3.63, 3.8) is 0 Å². The van der Waals surface area contributed by atoms with Gasteiger partial charge >= 0.3 is 0 Å². The van der Waals surface area contributed by atoms with Gasteiger partial charge in [-0.3, -0.25) is 9.89 Å². The van der Waals surface area contributed by atoms with Crippen LogP contribution in [0, 0.1) is 23.2 Å². The van der Waals surface area contributed by atoms with Gasteiger partial charge in [-0.15, -0.1) is 0 Å². The van der Waals surface area contributed by atoms with Crippen LogP contribution in [-0.2, 0) is 0 Å². The summed E-state index contributed by atoms with van der Waals surface area (Å²) in [5.74, 6) is 2.58. The van der Waals surface area contributed by atoms with Crippen molar-refractivity contribution in [1.82, 2.24) is 15.5 Å². The van der Waals surface area contributed by atoms with E-state index < -0.39 is 0 Å². The summed E-state index contributed by atoms with van der Waals surface area (Å²) in [6, 6.07) is 0.257. The van der Waals surface area contributed by atoms with Crippen LogP contribution in [0.5, 0.6) is 0 Å². The summed E-state index contributed by atoms with van der Waals surface area (Å²) in [5.41, 5.74) is 0.718. The molecule has 1 atom stereocenters. The molecular weight excluding hydrogens is 298 g/mol. The molecule has 120 valence electrons. The van der Waals surface area contributed by atoms with Crippen molar-refractivity contribution in [2.24, 2.45) is 23.2 Å². The van der Waals surface area contributed by atoms with Crippen LogP contribution in [-0.4, -0.2) is 22.1 Å². The van der Waals surface area contributed by atoms with Gasteiger partial charge in [0.05, 0.1) is 11.2 Å². The van der Waals surface area contributed by atoms with Gasteiger partial charge in [0.25, 0.3) is 5.91 Å². The average molecular weight is 322 g/mol. The molecule has 0 spiro atoms. The van der Waals surface area contributed by atoms with E-state index >= 15 is 0 Å². The predicted molar refractivity (Wildman–Crippen MR) is 85.7 cm³/mol. The molecule has 2 N–H and O–H groups in total. The van der Waals surface area contributed by atoms with Crippen LogP contribution in [0.4, 0.5) is 0 Å². The molecule has 0 aromatic carbocycles. The van der Waals surface area contributed by atoms with Gasteiger partial charge in [0.2, 0.25) is 0 Å². The van der Waals surface area contributed by atoms with Crippen molar-refractivity contribution in [1.29, 1.82) is 0 Å². The van der Waals surface area contributed by atoms with E-state index in [1.807, 2.05) is 0 Å². The summed E-state index contributed by atoms with van der Waals surface area (Å²) in [5, 5.41) is 10.2. The summed E-state index contributed by atoms with van der Waals surface area (Å²) in [6.07, 6.45) is 10.7. The number of aromatic amines is 1. The van der Waals surface area contributed by atoms with Gasteiger partial charge in [-0.1, -0.05) is 18.5 Å². The Balaban J connectivity index is 1.55. The maximum atomic E-state index is 12.5. The SMILES string of the molecule is CCC(NC(=O)c1[nH]ncc1Cl)C12CC3CC(CC(C3)C1)C2. The quantitative estimate of drug-likeness (QED) is 0.886. The number of aromatic nitrogens is 2. The van der Waals surface area contributed by atoms with Crippen LogP contribution in [0.2, 0.25) is 5.02 Å². The predicted octanol–water partition coefficient (Wildman–Crippen LogP) is 3.79. The van der Waals surface area contributed by atoms with Gasteiger partial charge in [0.15, 0.2) is 0 Å². The minimum atomic E-state index is -0.106. The Labute approximate surface area is 136 Å². The molecule has 1 amide bonds. The average Bonchev–Trinajstić information content (AvgIpc) is 2.89. The number of hydrogen-bond donors (Lipinski definition) is 2. The molecule has 0 radical (unpaired) electrons. The lowest BCUT2D eigenvalue weighted by Crippen LogP contribution is -2.56. The first-order valence-electron chi connectivity index (χ1n) is 8.59. The molecule has 4 saturated carbocycles. The monoisotopic (exact) mass is 321 g/mol. The molecule has 22 heavy (non-hydrogen) atoms. The maximum absolute atomic E-state index is 12.5. The zero-order chi connectivity index (χ0) is 15.3. The topological polar surface area (TPSA) is 57.8 Å². The molecule has 5 rings (SSSR count). The van der Waals surface area contributed by atoms with E-state index in [4.69, 9.17) is 11.6 Å². The highest BCUT2D eigenvalue weighted by Crippen LogP contribution is 2.61. The van der Waals surface area contributed by atoms with Crippen LogP contribution in [0.3, 0.4) is 0 Å². The molecule has 4 nitrogen and oxygen atoms in total. The van der Waals surface area contributed by atoms with Gasteiger partial charge in [-0.05, 0) is 68.1 Å². The maximum Gasteiger partial charge on any atom is 0.271 e. The molecule has 4 fully saturated rings. The molecule has 5 heteroatoms. The Kier molecular flexibility index (Phi) is 3.48. The lowest BCUT2D eigenvalue weighted by atomic mass is 9.47. The number of carbonyl (C=O) groups excluding carboxylic acids is 1. The second-order valence-corrected chi connectivity index (χ2v) is 8.21. The first-order chi connectivity index (χ1) is 10.6. The standard InChI is InChI=1S/C17H24ClN3O/c1-2-14(20-16(22)15-13(18)9-19-21-15)17-6-10-3-11(7-17)5-12(4-10)8-17/h9-12,14H,2-8H2,1H3,(H,19,21)(H,20,22). The molecule has 1 heterocycles. The number of halogens is 1. The smallest absolute Gasteiger partial charge is 0.271 e. The molecular formula is C17H24ClN3O. The van der Waals surface area contributed by atoms with Gasteiger partial charge in [-0.2, -0.15) is 5.10 Å².